The molecule has 0 atom stereocenters. The van der Waals surface area contributed by atoms with E-state index < -0.39 is 35.0 Å². The van der Waals surface area contributed by atoms with Gasteiger partial charge in [-0.15, -0.1) is 0 Å². The minimum absolute atomic E-state index is 0.0211. The fourth-order valence-corrected chi connectivity index (χ4v) is 2.96. The molecule has 29 heavy (non-hydrogen) atoms. The van der Waals surface area contributed by atoms with E-state index in [2.05, 4.69) is 0 Å². The summed E-state index contributed by atoms with van der Waals surface area (Å²) in [6, 6.07) is 10.7. The number of carbonyl (C=O) groups is 4. The van der Waals surface area contributed by atoms with Gasteiger partial charge in [0.05, 0.1) is 4.92 Å². The first-order chi connectivity index (χ1) is 13.8. The number of Topliss-reactive ketones (excluding diaryl/α,β-unsaturated/α-hetero) is 1. The van der Waals surface area contributed by atoms with Gasteiger partial charge in [-0.25, -0.2) is 5.01 Å². The van der Waals surface area contributed by atoms with Gasteiger partial charge in [-0.2, -0.15) is 5.01 Å². The second kappa shape index (κ2) is 8.19. The van der Waals surface area contributed by atoms with Gasteiger partial charge in [0.2, 0.25) is 11.8 Å². The number of ketones is 1. The topological polar surface area (TPSA) is 118 Å². The standard InChI is InChI=1S/C19H14ClN3O6/c20-14-6-4-12(5-7-14)19(27)21(22-17(25)8-9-18(22)26)11-16(24)13-2-1-3-15(10-13)23(28)29/h1-7,10H,8-9,11H2. The molecule has 0 radical (unpaired) electrons. The zero-order valence-corrected chi connectivity index (χ0v) is 15.7. The van der Waals surface area contributed by atoms with E-state index in [0.717, 1.165) is 11.1 Å². The third-order valence-corrected chi connectivity index (χ3v) is 4.52. The third-order valence-electron chi connectivity index (χ3n) is 4.26. The van der Waals surface area contributed by atoms with Gasteiger partial charge in [-0.1, -0.05) is 23.7 Å². The normalized spacial score (nSPS) is 13.5. The van der Waals surface area contributed by atoms with Gasteiger partial charge >= 0.3 is 0 Å². The SMILES string of the molecule is O=C(CN(C(=O)c1ccc(Cl)cc1)N1C(=O)CCC1=O)c1cccc([N+](=O)[O-])c1. The Morgan fingerprint density at radius 2 is 1.66 bits per heavy atom. The first kappa shape index (κ1) is 20.2. The van der Waals surface area contributed by atoms with E-state index in [1.165, 1.54) is 42.5 Å². The molecule has 0 aliphatic carbocycles. The van der Waals surface area contributed by atoms with Crippen LogP contribution < -0.4 is 0 Å². The molecule has 0 spiro atoms. The van der Waals surface area contributed by atoms with E-state index >= 15 is 0 Å². The molecule has 3 amide bonds. The molecule has 2 aromatic rings. The van der Waals surface area contributed by atoms with E-state index in [0.29, 0.717) is 10.0 Å². The van der Waals surface area contributed by atoms with Crippen molar-refractivity contribution in [3.05, 3.63) is 74.8 Å². The van der Waals surface area contributed by atoms with E-state index in [1.807, 2.05) is 0 Å². The summed E-state index contributed by atoms with van der Waals surface area (Å²) in [5.41, 5.74) is -0.194. The van der Waals surface area contributed by atoms with Gasteiger partial charge in [0.15, 0.2) is 5.78 Å². The summed E-state index contributed by atoms with van der Waals surface area (Å²) >= 11 is 5.82. The molecule has 1 aliphatic heterocycles. The highest BCUT2D eigenvalue weighted by Gasteiger charge is 2.38. The predicted molar refractivity (Wildman–Crippen MR) is 101 cm³/mol. The molecular formula is C19H14ClN3O6. The van der Waals surface area contributed by atoms with Gasteiger partial charge in [0, 0.05) is 41.1 Å². The third kappa shape index (κ3) is 4.30. The molecule has 0 bridgehead atoms. The molecule has 3 rings (SSSR count). The van der Waals surface area contributed by atoms with Crippen LogP contribution in [0.5, 0.6) is 0 Å². The Bertz CT molecular complexity index is 1000. The van der Waals surface area contributed by atoms with Crippen LogP contribution in [0.4, 0.5) is 5.69 Å². The molecule has 10 heteroatoms. The number of benzene rings is 2. The lowest BCUT2D eigenvalue weighted by Crippen LogP contribution is -2.51. The van der Waals surface area contributed by atoms with E-state index in [-0.39, 0.29) is 29.7 Å². The summed E-state index contributed by atoms with van der Waals surface area (Å²) in [5, 5.41) is 12.7. The van der Waals surface area contributed by atoms with Crippen molar-refractivity contribution in [1.82, 2.24) is 10.0 Å². The summed E-state index contributed by atoms with van der Waals surface area (Å²) in [6.07, 6.45) is -0.150. The number of nitro benzene ring substituents is 1. The van der Waals surface area contributed by atoms with Crippen molar-refractivity contribution >= 4 is 40.8 Å². The largest absolute Gasteiger partial charge is 0.292 e. The predicted octanol–water partition coefficient (Wildman–Crippen LogP) is 2.64. The molecular weight excluding hydrogens is 402 g/mol. The lowest BCUT2D eigenvalue weighted by atomic mass is 10.1. The number of imide groups is 1. The fourth-order valence-electron chi connectivity index (χ4n) is 2.83. The molecule has 1 saturated heterocycles. The van der Waals surface area contributed by atoms with Gasteiger partial charge in [-0.3, -0.25) is 29.3 Å². The fraction of sp³-hybridized carbons (Fsp3) is 0.158. The Morgan fingerprint density at radius 3 is 2.24 bits per heavy atom. The van der Waals surface area contributed by atoms with Crippen LogP contribution in [-0.2, 0) is 9.59 Å². The summed E-state index contributed by atoms with van der Waals surface area (Å²) in [7, 11) is 0. The summed E-state index contributed by atoms with van der Waals surface area (Å²) in [6.45, 7) is -0.639. The number of hydrazine groups is 1. The quantitative estimate of drug-likeness (QED) is 0.310. The maximum atomic E-state index is 13.0. The van der Waals surface area contributed by atoms with Crippen molar-refractivity contribution in [3.63, 3.8) is 0 Å². The lowest BCUT2D eigenvalue weighted by molar-refractivity contribution is -0.384. The molecule has 9 nitrogen and oxygen atoms in total. The Labute approximate surface area is 169 Å². The Balaban J connectivity index is 1.94. The molecule has 0 unspecified atom stereocenters. The molecule has 1 fully saturated rings. The van der Waals surface area contributed by atoms with Crippen LogP contribution in [0, 0.1) is 10.1 Å². The zero-order valence-electron chi connectivity index (χ0n) is 14.9. The Hall–Kier alpha value is -3.59. The average Bonchev–Trinajstić information content (AvgIpc) is 3.04. The van der Waals surface area contributed by atoms with Crippen LogP contribution in [0.1, 0.15) is 33.6 Å². The molecule has 148 valence electrons. The summed E-state index contributed by atoms with van der Waals surface area (Å²) < 4.78 is 0. The van der Waals surface area contributed by atoms with Crippen molar-refractivity contribution in [1.29, 1.82) is 0 Å². The smallest absolute Gasteiger partial charge is 0.273 e. The number of amides is 3. The Morgan fingerprint density at radius 1 is 1.03 bits per heavy atom. The van der Waals surface area contributed by atoms with Crippen molar-refractivity contribution in [2.24, 2.45) is 0 Å². The monoisotopic (exact) mass is 415 g/mol. The number of hydrogen-bond acceptors (Lipinski definition) is 6. The first-order valence-electron chi connectivity index (χ1n) is 8.48. The maximum Gasteiger partial charge on any atom is 0.273 e. The second-order valence-electron chi connectivity index (χ2n) is 6.20. The van der Waals surface area contributed by atoms with E-state index in [4.69, 9.17) is 11.6 Å². The molecule has 0 saturated carbocycles. The Kier molecular flexibility index (Phi) is 5.69. The number of carbonyl (C=O) groups excluding carboxylic acids is 4. The van der Waals surface area contributed by atoms with E-state index in [1.54, 1.807) is 0 Å². The van der Waals surface area contributed by atoms with Crippen LogP contribution in [0.15, 0.2) is 48.5 Å². The first-order valence-corrected chi connectivity index (χ1v) is 8.86. The van der Waals surface area contributed by atoms with Crippen molar-refractivity contribution in [2.45, 2.75) is 12.8 Å². The summed E-state index contributed by atoms with van der Waals surface area (Å²) in [5.74, 6) is -2.62. The minimum atomic E-state index is -0.746. The second-order valence-corrected chi connectivity index (χ2v) is 6.64. The number of nitro groups is 1. The molecule has 1 heterocycles. The van der Waals surface area contributed by atoms with Crippen LogP contribution in [-0.4, -0.2) is 45.0 Å². The highest BCUT2D eigenvalue weighted by Crippen LogP contribution is 2.20. The van der Waals surface area contributed by atoms with Crippen LogP contribution in [0.25, 0.3) is 0 Å². The molecule has 1 aliphatic rings. The van der Waals surface area contributed by atoms with Gasteiger partial charge < -0.3 is 0 Å². The molecule has 0 N–H and O–H groups in total. The summed E-state index contributed by atoms with van der Waals surface area (Å²) in [4.78, 5) is 60.3. The zero-order chi connectivity index (χ0) is 21.1. The van der Waals surface area contributed by atoms with E-state index in [9.17, 15) is 29.3 Å². The van der Waals surface area contributed by atoms with Crippen molar-refractivity contribution in [2.75, 3.05) is 6.54 Å². The lowest BCUT2D eigenvalue weighted by Gasteiger charge is -2.29. The van der Waals surface area contributed by atoms with Crippen LogP contribution in [0.2, 0.25) is 5.02 Å². The minimum Gasteiger partial charge on any atom is -0.292 e. The number of rotatable bonds is 6. The number of halogens is 1. The van der Waals surface area contributed by atoms with Crippen molar-refractivity contribution in [3.8, 4) is 0 Å². The van der Waals surface area contributed by atoms with Gasteiger partial charge in [0.1, 0.15) is 6.54 Å². The van der Waals surface area contributed by atoms with Crippen LogP contribution in [0.3, 0.4) is 0 Å². The number of hydrogen-bond donors (Lipinski definition) is 0. The maximum absolute atomic E-state index is 13.0. The number of nitrogens with zero attached hydrogens (tertiary/aromatic N) is 3. The average molecular weight is 416 g/mol. The van der Waals surface area contributed by atoms with Crippen LogP contribution >= 0.6 is 11.6 Å². The molecule has 0 aromatic heterocycles. The number of non-ortho nitro benzene ring substituents is 1. The van der Waals surface area contributed by atoms with Gasteiger partial charge in [-0.05, 0) is 24.3 Å². The van der Waals surface area contributed by atoms with Gasteiger partial charge in [0.25, 0.3) is 11.6 Å². The van der Waals surface area contributed by atoms with Crippen molar-refractivity contribution < 1.29 is 24.1 Å². The highest BCUT2D eigenvalue weighted by atomic mass is 35.5. The highest BCUT2D eigenvalue weighted by molar-refractivity contribution is 6.30. The molecule has 2 aromatic carbocycles.